The molecule has 10 heavy (non-hydrogen) atoms. The predicted octanol–water partition coefficient (Wildman–Crippen LogP) is 0.916. The van der Waals surface area contributed by atoms with Gasteiger partial charge in [-0.1, -0.05) is 5.16 Å². The highest BCUT2D eigenvalue weighted by Gasteiger charge is 2.03. The van der Waals surface area contributed by atoms with Crippen LogP contribution in [0.4, 0.5) is 5.82 Å². The average Bonchev–Trinajstić information content (AvgIpc) is 2.43. The van der Waals surface area contributed by atoms with E-state index >= 15 is 0 Å². The first-order valence-corrected chi connectivity index (χ1v) is 3.41. The fraction of sp³-hybridized carbons (Fsp3) is 0.667. The predicted molar refractivity (Wildman–Crippen MR) is 37.9 cm³/mol. The molecule has 0 unspecified atom stereocenters. The first-order valence-electron chi connectivity index (χ1n) is 3.41. The summed E-state index contributed by atoms with van der Waals surface area (Å²) in [5, 5.41) is 7.21. The van der Waals surface area contributed by atoms with Crippen LogP contribution < -0.4 is 4.90 Å². The van der Waals surface area contributed by atoms with E-state index in [9.17, 15) is 0 Å². The van der Waals surface area contributed by atoms with E-state index in [1.807, 2.05) is 0 Å². The summed E-state index contributed by atoms with van der Waals surface area (Å²) < 4.78 is 4.46. The number of nitrogens with zero attached hydrogens (tertiary/aromatic N) is 3. The topological polar surface area (TPSA) is 42.2 Å². The Hall–Kier alpha value is -1.06. The van der Waals surface area contributed by atoms with E-state index in [1.54, 1.807) is 6.20 Å². The molecule has 0 amide bonds. The van der Waals surface area contributed by atoms with Crippen LogP contribution in [0.3, 0.4) is 0 Å². The summed E-state index contributed by atoms with van der Waals surface area (Å²) in [5.74, 6) is 0.810. The molecule has 0 aliphatic rings. The highest BCUT2D eigenvalue weighted by atomic mass is 16.6. The Morgan fingerprint density at radius 2 is 2.20 bits per heavy atom. The summed E-state index contributed by atoms with van der Waals surface area (Å²) in [6.07, 6.45) is 1.62. The fourth-order valence-electron chi connectivity index (χ4n) is 0.847. The lowest BCUT2D eigenvalue weighted by Gasteiger charge is -2.14. The van der Waals surface area contributed by atoms with Gasteiger partial charge < -0.3 is 4.90 Å². The Kier molecular flexibility index (Phi) is 2.25. The first-order chi connectivity index (χ1) is 4.88. The summed E-state index contributed by atoms with van der Waals surface area (Å²) in [5.41, 5.74) is 0. The average molecular weight is 141 g/mol. The summed E-state index contributed by atoms with van der Waals surface area (Å²) in [4.78, 5) is 2.07. The first kappa shape index (κ1) is 7.05. The van der Waals surface area contributed by atoms with Crippen molar-refractivity contribution in [1.29, 1.82) is 0 Å². The third-order valence-corrected chi connectivity index (χ3v) is 1.44. The zero-order valence-electron chi connectivity index (χ0n) is 6.24. The molecule has 1 aromatic heterocycles. The lowest BCUT2D eigenvalue weighted by Crippen LogP contribution is -2.21. The van der Waals surface area contributed by atoms with E-state index in [2.05, 4.69) is 33.7 Å². The molecule has 0 N–H and O–H groups in total. The molecule has 0 aliphatic carbocycles. The summed E-state index contributed by atoms with van der Waals surface area (Å²) in [6, 6.07) is 0. The molecule has 0 fully saturated rings. The van der Waals surface area contributed by atoms with Gasteiger partial charge in [0.2, 0.25) is 0 Å². The second kappa shape index (κ2) is 3.20. The summed E-state index contributed by atoms with van der Waals surface area (Å²) in [7, 11) is 0. The molecule has 4 nitrogen and oxygen atoms in total. The van der Waals surface area contributed by atoms with Gasteiger partial charge in [0.05, 0.1) is 0 Å². The maximum Gasteiger partial charge on any atom is 0.193 e. The van der Waals surface area contributed by atoms with Crippen molar-refractivity contribution < 1.29 is 4.63 Å². The molecular weight excluding hydrogens is 130 g/mol. The van der Waals surface area contributed by atoms with Crippen LogP contribution in [0.1, 0.15) is 13.8 Å². The SMILES string of the molecule is CCN(CC)c1cnon1. The standard InChI is InChI=1S/C6H11N3O/c1-3-9(4-2)6-5-7-10-8-6/h5H,3-4H2,1-2H3. The monoisotopic (exact) mass is 141 g/mol. The van der Waals surface area contributed by atoms with Gasteiger partial charge in [0.15, 0.2) is 5.82 Å². The molecule has 0 bridgehead atoms. The van der Waals surface area contributed by atoms with Crippen molar-refractivity contribution in [3.8, 4) is 0 Å². The lowest BCUT2D eigenvalue weighted by atomic mass is 10.5. The van der Waals surface area contributed by atoms with Crippen molar-refractivity contribution in [3.63, 3.8) is 0 Å². The van der Waals surface area contributed by atoms with Crippen molar-refractivity contribution >= 4 is 5.82 Å². The van der Waals surface area contributed by atoms with Crippen LogP contribution in [0.2, 0.25) is 0 Å². The van der Waals surface area contributed by atoms with E-state index in [4.69, 9.17) is 0 Å². The Balaban J connectivity index is 2.64. The van der Waals surface area contributed by atoms with Crippen LogP contribution in [0.5, 0.6) is 0 Å². The number of rotatable bonds is 3. The molecule has 0 aromatic carbocycles. The van der Waals surface area contributed by atoms with Gasteiger partial charge in [0.1, 0.15) is 6.20 Å². The van der Waals surface area contributed by atoms with Crippen molar-refractivity contribution in [3.05, 3.63) is 6.20 Å². The Bertz CT molecular complexity index is 169. The largest absolute Gasteiger partial charge is 0.353 e. The highest BCUT2D eigenvalue weighted by molar-refractivity contribution is 5.32. The second-order valence-corrected chi connectivity index (χ2v) is 1.94. The molecule has 0 spiro atoms. The molecule has 0 saturated heterocycles. The van der Waals surface area contributed by atoms with Crippen LogP contribution in [0, 0.1) is 0 Å². The third-order valence-electron chi connectivity index (χ3n) is 1.44. The van der Waals surface area contributed by atoms with Gasteiger partial charge in [-0.25, -0.2) is 4.63 Å². The van der Waals surface area contributed by atoms with Crippen molar-refractivity contribution in [1.82, 2.24) is 10.3 Å². The van der Waals surface area contributed by atoms with Gasteiger partial charge in [0.25, 0.3) is 0 Å². The van der Waals surface area contributed by atoms with Crippen LogP contribution in [-0.2, 0) is 0 Å². The van der Waals surface area contributed by atoms with Crippen LogP contribution in [-0.4, -0.2) is 23.4 Å². The fourth-order valence-corrected chi connectivity index (χ4v) is 0.847. The maximum atomic E-state index is 4.46. The Morgan fingerprint density at radius 3 is 2.60 bits per heavy atom. The van der Waals surface area contributed by atoms with Gasteiger partial charge in [-0.2, -0.15) is 0 Å². The van der Waals surface area contributed by atoms with Crippen molar-refractivity contribution in [2.75, 3.05) is 18.0 Å². The van der Waals surface area contributed by atoms with Gasteiger partial charge in [-0.15, -0.1) is 0 Å². The molecule has 1 aromatic rings. The minimum absolute atomic E-state index is 0.810. The normalized spacial score (nSPS) is 9.80. The molecular formula is C6H11N3O. The quantitative estimate of drug-likeness (QED) is 0.627. The minimum atomic E-state index is 0.810. The zero-order valence-corrected chi connectivity index (χ0v) is 6.24. The second-order valence-electron chi connectivity index (χ2n) is 1.94. The number of anilines is 1. The maximum absolute atomic E-state index is 4.46. The van der Waals surface area contributed by atoms with Crippen LogP contribution in [0.25, 0.3) is 0 Å². The van der Waals surface area contributed by atoms with Gasteiger partial charge >= 0.3 is 0 Å². The zero-order chi connectivity index (χ0) is 7.40. The molecule has 0 radical (unpaired) electrons. The highest BCUT2D eigenvalue weighted by Crippen LogP contribution is 2.05. The smallest absolute Gasteiger partial charge is 0.193 e. The van der Waals surface area contributed by atoms with Gasteiger partial charge in [0, 0.05) is 13.1 Å². The van der Waals surface area contributed by atoms with E-state index in [0.717, 1.165) is 18.9 Å². The lowest BCUT2D eigenvalue weighted by molar-refractivity contribution is 0.307. The molecule has 1 rings (SSSR count). The number of aromatic nitrogens is 2. The van der Waals surface area contributed by atoms with Crippen LogP contribution in [0.15, 0.2) is 10.8 Å². The minimum Gasteiger partial charge on any atom is -0.353 e. The van der Waals surface area contributed by atoms with Gasteiger partial charge in [-0.3, -0.25) is 0 Å². The molecule has 0 saturated carbocycles. The summed E-state index contributed by atoms with van der Waals surface area (Å²) >= 11 is 0. The Morgan fingerprint density at radius 1 is 1.50 bits per heavy atom. The van der Waals surface area contributed by atoms with E-state index in [-0.39, 0.29) is 0 Å². The van der Waals surface area contributed by atoms with E-state index < -0.39 is 0 Å². The number of hydrogen-bond donors (Lipinski definition) is 0. The van der Waals surface area contributed by atoms with Gasteiger partial charge in [-0.05, 0) is 19.0 Å². The molecule has 0 atom stereocenters. The van der Waals surface area contributed by atoms with Crippen LogP contribution >= 0.6 is 0 Å². The number of hydrogen-bond acceptors (Lipinski definition) is 4. The summed E-state index contributed by atoms with van der Waals surface area (Å²) in [6.45, 7) is 6.01. The molecule has 1 heterocycles. The molecule has 4 heteroatoms. The molecule has 56 valence electrons. The van der Waals surface area contributed by atoms with E-state index in [0.29, 0.717) is 0 Å². The van der Waals surface area contributed by atoms with Crippen molar-refractivity contribution in [2.24, 2.45) is 0 Å². The van der Waals surface area contributed by atoms with E-state index in [1.165, 1.54) is 0 Å². The molecule has 0 aliphatic heterocycles. The third kappa shape index (κ3) is 1.26. The Labute approximate surface area is 59.8 Å². The van der Waals surface area contributed by atoms with Crippen molar-refractivity contribution in [2.45, 2.75) is 13.8 Å².